The van der Waals surface area contributed by atoms with Gasteiger partial charge in [-0.1, -0.05) is 29.4 Å². The fraction of sp³-hybridized carbons (Fsp3) is 0.318. The number of anilines is 1. The van der Waals surface area contributed by atoms with E-state index in [1.807, 2.05) is 18.2 Å². The summed E-state index contributed by atoms with van der Waals surface area (Å²) in [6.07, 6.45) is 3.87. The fourth-order valence-corrected chi connectivity index (χ4v) is 3.60. The molecule has 0 atom stereocenters. The van der Waals surface area contributed by atoms with Crippen molar-refractivity contribution < 1.29 is 9.26 Å². The van der Waals surface area contributed by atoms with E-state index in [0.717, 1.165) is 43.9 Å². The van der Waals surface area contributed by atoms with Crippen molar-refractivity contribution in [3.05, 3.63) is 66.6 Å². The number of ether oxygens (including phenoxy) is 1. The minimum absolute atomic E-state index is 0.527. The molecule has 1 aromatic heterocycles. The summed E-state index contributed by atoms with van der Waals surface area (Å²) < 4.78 is 10.2. The van der Waals surface area contributed by atoms with E-state index in [-0.39, 0.29) is 0 Å². The molecule has 2 aromatic carbocycles. The first kappa shape index (κ1) is 17.6. The maximum atomic E-state index is 5.36. The van der Waals surface area contributed by atoms with Crippen LogP contribution in [0.15, 0.2) is 65.4 Å². The Hall–Kier alpha value is -2.79. The van der Waals surface area contributed by atoms with E-state index in [9.17, 15) is 0 Å². The van der Waals surface area contributed by atoms with E-state index in [2.05, 4.69) is 51.8 Å². The molecule has 5 nitrogen and oxygen atoms in total. The number of hydrogen-bond acceptors (Lipinski definition) is 5. The van der Waals surface area contributed by atoms with E-state index in [4.69, 9.17) is 9.26 Å². The van der Waals surface area contributed by atoms with Crippen molar-refractivity contribution in [2.45, 2.75) is 25.4 Å². The Morgan fingerprint density at radius 3 is 2.59 bits per heavy atom. The predicted molar refractivity (Wildman–Crippen MR) is 107 cm³/mol. The van der Waals surface area contributed by atoms with Crippen LogP contribution >= 0.6 is 0 Å². The third-order valence-electron chi connectivity index (χ3n) is 5.17. The Kier molecular flexibility index (Phi) is 5.39. The van der Waals surface area contributed by atoms with Crippen molar-refractivity contribution in [3.8, 4) is 16.9 Å². The highest BCUT2D eigenvalue weighted by atomic mass is 16.5. The van der Waals surface area contributed by atoms with Gasteiger partial charge in [0.05, 0.1) is 12.8 Å². The van der Waals surface area contributed by atoms with E-state index in [1.165, 1.54) is 16.8 Å². The molecule has 4 rings (SSSR count). The third kappa shape index (κ3) is 4.31. The molecule has 3 aromatic rings. The number of rotatable bonds is 6. The molecule has 27 heavy (non-hydrogen) atoms. The minimum Gasteiger partial charge on any atom is -0.497 e. The lowest BCUT2D eigenvalue weighted by Gasteiger charge is -2.34. The molecule has 5 heteroatoms. The summed E-state index contributed by atoms with van der Waals surface area (Å²) in [5, 5.41) is 7.54. The first-order valence-corrected chi connectivity index (χ1v) is 9.44. The molecule has 1 N–H and O–H groups in total. The summed E-state index contributed by atoms with van der Waals surface area (Å²) in [5.41, 5.74) is 4.65. The zero-order valence-corrected chi connectivity index (χ0v) is 15.6. The predicted octanol–water partition coefficient (Wildman–Crippen LogP) is 4.11. The lowest BCUT2D eigenvalue weighted by Crippen LogP contribution is -2.42. The molecule has 1 aliphatic heterocycles. The first-order chi connectivity index (χ1) is 13.3. The van der Waals surface area contributed by atoms with Gasteiger partial charge < -0.3 is 19.5 Å². The summed E-state index contributed by atoms with van der Waals surface area (Å²) in [7, 11) is 1.70. The summed E-state index contributed by atoms with van der Waals surface area (Å²) in [6.45, 7) is 2.88. The van der Waals surface area contributed by atoms with Crippen LogP contribution in [-0.4, -0.2) is 31.4 Å². The molecule has 0 saturated carbocycles. The molecular weight excluding hydrogens is 338 g/mol. The zero-order chi connectivity index (χ0) is 18.5. The Labute approximate surface area is 159 Å². The molecule has 0 unspecified atom stereocenters. The van der Waals surface area contributed by atoms with Crippen molar-refractivity contribution in [3.63, 3.8) is 0 Å². The van der Waals surface area contributed by atoms with Gasteiger partial charge in [0.2, 0.25) is 0 Å². The Bertz CT molecular complexity index is 856. The minimum atomic E-state index is 0.527. The number of piperidine rings is 1. The van der Waals surface area contributed by atoms with Crippen molar-refractivity contribution >= 4 is 5.69 Å². The van der Waals surface area contributed by atoms with Crippen LogP contribution in [0.25, 0.3) is 11.1 Å². The van der Waals surface area contributed by atoms with Gasteiger partial charge in [-0.2, -0.15) is 0 Å². The van der Waals surface area contributed by atoms with Gasteiger partial charge in [-0.25, -0.2) is 0 Å². The molecule has 0 spiro atoms. The monoisotopic (exact) mass is 363 g/mol. The van der Waals surface area contributed by atoms with Gasteiger partial charge in [0.25, 0.3) is 0 Å². The first-order valence-electron chi connectivity index (χ1n) is 9.44. The summed E-state index contributed by atoms with van der Waals surface area (Å²) in [5.74, 6) is 0.886. The van der Waals surface area contributed by atoms with E-state index < -0.39 is 0 Å². The number of nitrogens with one attached hydrogen (secondary N) is 1. The van der Waals surface area contributed by atoms with Crippen LogP contribution in [0, 0.1) is 0 Å². The molecule has 1 aliphatic rings. The highest BCUT2D eigenvalue weighted by molar-refractivity contribution is 5.69. The summed E-state index contributed by atoms with van der Waals surface area (Å²) in [4.78, 5) is 2.47. The van der Waals surface area contributed by atoms with Gasteiger partial charge in [0.15, 0.2) is 0 Å². The molecule has 1 saturated heterocycles. The molecule has 0 amide bonds. The van der Waals surface area contributed by atoms with Gasteiger partial charge in [0, 0.05) is 37.4 Å². The number of aromatic nitrogens is 1. The number of nitrogens with zero attached hydrogens (tertiary/aromatic N) is 2. The topological polar surface area (TPSA) is 50.5 Å². The van der Waals surface area contributed by atoms with Crippen LogP contribution in [0.4, 0.5) is 5.69 Å². The van der Waals surface area contributed by atoms with Gasteiger partial charge in [-0.15, -0.1) is 0 Å². The van der Waals surface area contributed by atoms with Gasteiger partial charge in [-0.05, 0) is 48.2 Å². The van der Waals surface area contributed by atoms with Crippen molar-refractivity contribution in [2.24, 2.45) is 0 Å². The second kappa shape index (κ2) is 8.27. The molecule has 0 aliphatic carbocycles. The van der Waals surface area contributed by atoms with Crippen LogP contribution in [0.3, 0.4) is 0 Å². The highest BCUT2D eigenvalue weighted by Gasteiger charge is 2.19. The Morgan fingerprint density at radius 2 is 1.85 bits per heavy atom. The van der Waals surface area contributed by atoms with Gasteiger partial charge in [-0.3, -0.25) is 0 Å². The SMILES string of the molecule is COc1cccc(-c2cccc(N3CCC(NCc4ccon4)CC3)c2)c1. The molecular formula is C22H25N3O2. The molecule has 140 valence electrons. The van der Waals surface area contributed by atoms with Crippen LogP contribution in [0.2, 0.25) is 0 Å². The second-order valence-electron chi connectivity index (χ2n) is 6.92. The third-order valence-corrected chi connectivity index (χ3v) is 5.17. The fourth-order valence-electron chi connectivity index (χ4n) is 3.60. The molecule has 0 radical (unpaired) electrons. The van der Waals surface area contributed by atoms with Gasteiger partial charge in [0.1, 0.15) is 12.0 Å². The average molecular weight is 363 g/mol. The smallest absolute Gasteiger partial charge is 0.124 e. The van der Waals surface area contributed by atoms with E-state index in [0.29, 0.717) is 6.04 Å². The van der Waals surface area contributed by atoms with Crippen molar-refractivity contribution in [2.75, 3.05) is 25.1 Å². The Morgan fingerprint density at radius 1 is 1.07 bits per heavy atom. The normalized spacial score (nSPS) is 15.1. The van der Waals surface area contributed by atoms with Crippen molar-refractivity contribution in [1.82, 2.24) is 10.5 Å². The van der Waals surface area contributed by atoms with E-state index >= 15 is 0 Å². The highest BCUT2D eigenvalue weighted by Crippen LogP contribution is 2.28. The summed E-state index contributed by atoms with van der Waals surface area (Å²) in [6, 6.07) is 19.4. The maximum absolute atomic E-state index is 5.36. The quantitative estimate of drug-likeness (QED) is 0.714. The second-order valence-corrected chi connectivity index (χ2v) is 6.92. The van der Waals surface area contributed by atoms with Crippen molar-refractivity contribution in [1.29, 1.82) is 0 Å². The summed E-state index contributed by atoms with van der Waals surface area (Å²) >= 11 is 0. The van der Waals surface area contributed by atoms with Crippen LogP contribution < -0.4 is 15.0 Å². The molecule has 0 bridgehead atoms. The van der Waals surface area contributed by atoms with Crippen LogP contribution in [0.5, 0.6) is 5.75 Å². The standard InChI is InChI=1S/C22H25N3O2/c1-26-22-7-3-5-18(15-22)17-4-2-6-21(14-17)25-11-8-19(9-12-25)23-16-20-10-13-27-24-20/h2-7,10,13-15,19,23H,8-9,11-12,16H2,1H3. The zero-order valence-electron chi connectivity index (χ0n) is 15.6. The molecule has 1 fully saturated rings. The van der Waals surface area contributed by atoms with Gasteiger partial charge >= 0.3 is 0 Å². The maximum Gasteiger partial charge on any atom is 0.124 e. The van der Waals surface area contributed by atoms with Crippen LogP contribution in [0.1, 0.15) is 18.5 Å². The Balaban J connectivity index is 1.38. The lowest BCUT2D eigenvalue weighted by molar-refractivity contribution is 0.387. The van der Waals surface area contributed by atoms with Crippen LogP contribution in [-0.2, 0) is 6.54 Å². The molecule has 2 heterocycles. The lowest BCUT2D eigenvalue weighted by atomic mass is 10.0. The number of benzene rings is 2. The largest absolute Gasteiger partial charge is 0.497 e. The van der Waals surface area contributed by atoms with E-state index in [1.54, 1.807) is 13.4 Å². The number of methoxy groups -OCH3 is 1. The number of hydrogen-bond donors (Lipinski definition) is 1. The average Bonchev–Trinajstić information content (AvgIpc) is 3.26.